The van der Waals surface area contributed by atoms with E-state index in [0.29, 0.717) is 11.3 Å². The maximum atomic E-state index is 11.6. The van der Waals surface area contributed by atoms with Gasteiger partial charge in [-0.2, -0.15) is 0 Å². The van der Waals surface area contributed by atoms with E-state index in [1.165, 1.54) is 29.2 Å². The van der Waals surface area contributed by atoms with Gasteiger partial charge >= 0.3 is 0 Å². The summed E-state index contributed by atoms with van der Waals surface area (Å²) in [6.45, 7) is 0.227. The Labute approximate surface area is 108 Å². The Hall–Kier alpha value is -2.70. The van der Waals surface area contributed by atoms with Gasteiger partial charge < -0.3 is 5.32 Å². The summed E-state index contributed by atoms with van der Waals surface area (Å²) in [5.74, 6) is 0. The van der Waals surface area contributed by atoms with Crippen LogP contribution in [0.3, 0.4) is 0 Å². The van der Waals surface area contributed by atoms with Crippen LogP contribution < -0.4 is 10.9 Å². The van der Waals surface area contributed by atoms with E-state index in [1.54, 1.807) is 19.2 Å². The van der Waals surface area contributed by atoms with E-state index >= 15 is 0 Å². The smallest absolute Gasteiger partial charge is 0.292 e. The van der Waals surface area contributed by atoms with Crippen molar-refractivity contribution in [2.24, 2.45) is 0 Å². The van der Waals surface area contributed by atoms with Crippen LogP contribution in [-0.4, -0.2) is 21.5 Å². The molecule has 0 amide bonds. The molecule has 0 aliphatic rings. The normalized spacial score (nSPS) is 10.2. The van der Waals surface area contributed by atoms with Crippen LogP contribution in [0.2, 0.25) is 0 Å². The molecule has 19 heavy (non-hydrogen) atoms. The van der Waals surface area contributed by atoms with Gasteiger partial charge in [0.1, 0.15) is 5.69 Å². The van der Waals surface area contributed by atoms with Gasteiger partial charge in [0.05, 0.1) is 17.8 Å². The Morgan fingerprint density at radius 3 is 2.84 bits per heavy atom. The summed E-state index contributed by atoms with van der Waals surface area (Å²) >= 11 is 0. The van der Waals surface area contributed by atoms with Gasteiger partial charge in [-0.05, 0) is 0 Å². The van der Waals surface area contributed by atoms with Crippen molar-refractivity contribution in [1.82, 2.24) is 9.55 Å². The van der Waals surface area contributed by atoms with E-state index in [-0.39, 0.29) is 17.8 Å². The lowest BCUT2D eigenvalue weighted by Gasteiger charge is -2.10. The molecule has 7 nitrogen and oxygen atoms in total. The van der Waals surface area contributed by atoms with Crippen molar-refractivity contribution in [3.8, 4) is 0 Å². The Balaban J connectivity index is 2.46. The van der Waals surface area contributed by atoms with Crippen molar-refractivity contribution in [2.75, 3.05) is 12.4 Å². The van der Waals surface area contributed by atoms with Crippen molar-refractivity contribution in [1.29, 1.82) is 0 Å². The standard InChI is InChI=1S/C12H12N4O3/c1-13-12-9(3-2-4-10(12)16(18)19)7-15-8-14-6-5-11(15)17/h2-6,8,13H,7H2,1H3. The number of nitrogens with zero attached hydrogens (tertiary/aromatic N) is 3. The highest BCUT2D eigenvalue weighted by atomic mass is 16.6. The fourth-order valence-corrected chi connectivity index (χ4v) is 1.84. The molecule has 7 heteroatoms. The van der Waals surface area contributed by atoms with Gasteiger partial charge in [-0.25, -0.2) is 4.98 Å². The first kappa shape index (κ1) is 12.7. The lowest BCUT2D eigenvalue weighted by molar-refractivity contribution is -0.384. The molecule has 0 unspecified atom stereocenters. The number of para-hydroxylation sites is 1. The Morgan fingerprint density at radius 1 is 1.42 bits per heavy atom. The second-order valence-electron chi connectivity index (χ2n) is 3.86. The van der Waals surface area contributed by atoms with Crippen molar-refractivity contribution in [2.45, 2.75) is 6.54 Å². The second kappa shape index (κ2) is 5.30. The first-order chi connectivity index (χ1) is 9.13. The fourth-order valence-electron chi connectivity index (χ4n) is 1.84. The third kappa shape index (κ3) is 2.59. The molecular formula is C12H12N4O3. The number of nitro groups is 1. The lowest BCUT2D eigenvalue weighted by Crippen LogP contribution is -2.20. The molecular weight excluding hydrogens is 248 g/mol. The highest BCUT2D eigenvalue weighted by molar-refractivity contribution is 5.66. The van der Waals surface area contributed by atoms with Gasteiger partial charge in [0, 0.05) is 30.9 Å². The number of anilines is 1. The van der Waals surface area contributed by atoms with Crippen molar-refractivity contribution < 1.29 is 4.92 Å². The zero-order chi connectivity index (χ0) is 13.8. The van der Waals surface area contributed by atoms with Crippen LogP contribution in [-0.2, 0) is 6.54 Å². The Morgan fingerprint density at radius 2 is 2.21 bits per heavy atom. The van der Waals surface area contributed by atoms with Gasteiger partial charge in [0.25, 0.3) is 11.2 Å². The SMILES string of the molecule is CNc1c(Cn2cnccc2=O)cccc1[N+](=O)[O-]. The molecule has 0 atom stereocenters. The minimum Gasteiger partial charge on any atom is -0.382 e. The number of rotatable bonds is 4. The van der Waals surface area contributed by atoms with Gasteiger partial charge in [-0.15, -0.1) is 0 Å². The second-order valence-corrected chi connectivity index (χ2v) is 3.86. The summed E-state index contributed by atoms with van der Waals surface area (Å²) in [4.78, 5) is 26.0. The van der Waals surface area contributed by atoms with Crippen LogP contribution in [0, 0.1) is 10.1 Å². The van der Waals surface area contributed by atoms with E-state index in [4.69, 9.17) is 0 Å². The Bertz CT molecular complexity index is 666. The van der Waals surface area contributed by atoms with E-state index in [1.807, 2.05) is 0 Å². The fraction of sp³-hybridized carbons (Fsp3) is 0.167. The van der Waals surface area contributed by atoms with Crippen LogP contribution in [0.15, 0.2) is 41.6 Å². The maximum absolute atomic E-state index is 11.6. The van der Waals surface area contributed by atoms with Crippen LogP contribution in [0.5, 0.6) is 0 Å². The quantitative estimate of drug-likeness (QED) is 0.659. The molecule has 0 radical (unpaired) electrons. The van der Waals surface area contributed by atoms with E-state index in [2.05, 4.69) is 10.3 Å². The highest BCUT2D eigenvalue weighted by Gasteiger charge is 2.16. The summed E-state index contributed by atoms with van der Waals surface area (Å²) in [6, 6.07) is 6.09. The van der Waals surface area contributed by atoms with Crippen LogP contribution >= 0.6 is 0 Å². The zero-order valence-electron chi connectivity index (χ0n) is 10.2. The number of aromatic nitrogens is 2. The van der Waals surface area contributed by atoms with Crippen LogP contribution in [0.25, 0.3) is 0 Å². The minimum absolute atomic E-state index is 0.0167. The number of nitrogens with one attached hydrogen (secondary N) is 1. The molecule has 0 aliphatic carbocycles. The van der Waals surface area contributed by atoms with E-state index in [0.717, 1.165) is 0 Å². The molecule has 1 heterocycles. The molecule has 0 aliphatic heterocycles. The van der Waals surface area contributed by atoms with Gasteiger partial charge in [-0.3, -0.25) is 19.5 Å². The molecule has 2 aromatic rings. The third-order valence-electron chi connectivity index (χ3n) is 2.71. The van der Waals surface area contributed by atoms with Crippen molar-refractivity contribution >= 4 is 11.4 Å². The number of nitro benzene ring substituents is 1. The Kier molecular flexibility index (Phi) is 3.56. The predicted octanol–water partition coefficient (Wildman–Crippen LogP) is 1.24. The van der Waals surface area contributed by atoms with Crippen LogP contribution in [0.4, 0.5) is 11.4 Å². The molecule has 1 aromatic carbocycles. The summed E-state index contributed by atoms with van der Waals surface area (Å²) in [5, 5.41) is 13.7. The topological polar surface area (TPSA) is 90.1 Å². The molecule has 98 valence electrons. The average molecular weight is 260 g/mol. The summed E-state index contributed by atoms with van der Waals surface area (Å²) in [6.07, 6.45) is 2.81. The van der Waals surface area contributed by atoms with E-state index < -0.39 is 4.92 Å². The third-order valence-corrected chi connectivity index (χ3v) is 2.71. The minimum atomic E-state index is -0.457. The molecule has 0 saturated heterocycles. The molecule has 0 fully saturated rings. The van der Waals surface area contributed by atoms with Crippen LogP contribution in [0.1, 0.15) is 5.56 Å². The molecule has 2 rings (SSSR count). The number of benzene rings is 1. The van der Waals surface area contributed by atoms with Crippen molar-refractivity contribution in [3.63, 3.8) is 0 Å². The average Bonchev–Trinajstić information content (AvgIpc) is 2.41. The summed E-state index contributed by atoms with van der Waals surface area (Å²) in [7, 11) is 1.61. The predicted molar refractivity (Wildman–Crippen MR) is 70.2 cm³/mol. The first-order valence-electron chi connectivity index (χ1n) is 5.58. The van der Waals surface area contributed by atoms with Gasteiger partial charge in [-0.1, -0.05) is 12.1 Å². The summed E-state index contributed by atoms with van der Waals surface area (Å²) < 4.78 is 1.39. The molecule has 1 N–H and O–H groups in total. The van der Waals surface area contributed by atoms with Gasteiger partial charge in [0.2, 0.25) is 0 Å². The number of hydrogen-bond acceptors (Lipinski definition) is 5. The van der Waals surface area contributed by atoms with Crippen molar-refractivity contribution in [3.05, 3.63) is 62.8 Å². The zero-order valence-corrected chi connectivity index (χ0v) is 10.2. The lowest BCUT2D eigenvalue weighted by atomic mass is 10.1. The monoisotopic (exact) mass is 260 g/mol. The molecule has 0 bridgehead atoms. The molecule has 0 spiro atoms. The number of hydrogen-bond donors (Lipinski definition) is 1. The molecule has 0 saturated carbocycles. The summed E-state index contributed by atoms with van der Waals surface area (Å²) in [5.41, 5.74) is 0.843. The van der Waals surface area contributed by atoms with Gasteiger partial charge in [0.15, 0.2) is 0 Å². The largest absolute Gasteiger partial charge is 0.382 e. The highest BCUT2D eigenvalue weighted by Crippen LogP contribution is 2.27. The van der Waals surface area contributed by atoms with E-state index in [9.17, 15) is 14.9 Å². The first-order valence-corrected chi connectivity index (χ1v) is 5.58. The molecule has 1 aromatic heterocycles. The maximum Gasteiger partial charge on any atom is 0.292 e.